The third kappa shape index (κ3) is 4.74. The first kappa shape index (κ1) is 9.26. The fraction of sp³-hybridized carbons (Fsp3) is 0.500. The Hall–Kier alpha value is 0.260. The number of aliphatic imine (C=N–C) groups is 1. The van der Waals surface area contributed by atoms with Crippen LogP contribution in [-0.4, -0.2) is 22.0 Å². The van der Waals surface area contributed by atoms with Crippen LogP contribution in [0, 0.1) is 0 Å². The fourth-order valence-electron chi connectivity index (χ4n) is 0.265. The molecule has 0 heterocycles. The topological polar surface area (TPSA) is 38.4 Å². The van der Waals surface area contributed by atoms with Gasteiger partial charge in [-0.2, -0.15) is 0 Å². The second kappa shape index (κ2) is 5.08. The average Bonchev–Trinajstić information content (AvgIpc) is 1.82. The van der Waals surface area contributed by atoms with Crippen LogP contribution >= 0.6 is 35.7 Å². The molecule has 9 heavy (non-hydrogen) atoms. The molecule has 0 rings (SSSR count). The summed E-state index contributed by atoms with van der Waals surface area (Å²) in [7, 11) is 0. The lowest BCUT2D eigenvalue weighted by Gasteiger charge is -1.94. The van der Waals surface area contributed by atoms with E-state index < -0.39 is 0 Å². The molecule has 0 aromatic heterocycles. The van der Waals surface area contributed by atoms with Crippen LogP contribution in [0.25, 0.3) is 0 Å². The van der Waals surface area contributed by atoms with Crippen LogP contribution in [0.5, 0.6) is 0 Å². The van der Waals surface area contributed by atoms with Gasteiger partial charge in [0.05, 0.1) is 0 Å². The molecule has 0 amide bonds. The molecule has 0 atom stereocenters. The molecule has 0 spiro atoms. The molecule has 0 aliphatic rings. The van der Waals surface area contributed by atoms with Crippen LogP contribution in [0.1, 0.15) is 0 Å². The minimum absolute atomic E-state index is 0.203. The van der Waals surface area contributed by atoms with E-state index in [4.69, 9.17) is 5.73 Å². The molecule has 0 aromatic rings. The predicted octanol–water partition coefficient (Wildman–Crippen LogP) is 1.31. The van der Waals surface area contributed by atoms with Crippen LogP contribution in [-0.2, 0) is 0 Å². The van der Waals surface area contributed by atoms with Crippen LogP contribution < -0.4 is 5.73 Å². The third-order valence-electron chi connectivity index (χ3n) is 0.551. The van der Waals surface area contributed by atoms with Gasteiger partial charge >= 0.3 is 0 Å². The number of hydrogen-bond acceptors (Lipinski definition) is 3. The van der Waals surface area contributed by atoms with E-state index in [9.17, 15) is 0 Å². The summed E-state index contributed by atoms with van der Waals surface area (Å²) in [6, 6.07) is 0. The molecule has 0 aliphatic heterocycles. The van der Waals surface area contributed by atoms with Gasteiger partial charge in [-0.15, -0.1) is 23.5 Å². The van der Waals surface area contributed by atoms with Crippen molar-refractivity contribution >= 4 is 45.2 Å². The summed E-state index contributed by atoms with van der Waals surface area (Å²) in [5, 5.41) is 0.203. The summed E-state index contributed by atoms with van der Waals surface area (Å²) in [4.78, 5) is 3.87. The van der Waals surface area contributed by atoms with Gasteiger partial charge in [0.1, 0.15) is 4.38 Å². The van der Waals surface area contributed by atoms with E-state index in [1.807, 2.05) is 12.5 Å². The maximum Gasteiger partial charge on any atom is 0.191 e. The summed E-state index contributed by atoms with van der Waals surface area (Å²) in [5.74, 6) is 0. The Morgan fingerprint density at radius 1 is 1.44 bits per heavy atom. The number of rotatable bonds is 0. The van der Waals surface area contributed by atoms with E-state index in [1.165, 1.54) is 0 Å². The Morgan fingerprint density at radius 2 is 1.89 bits per heavy atom. The summed E-state index contributed by atoms with van der Waals surface area (Å²) in [6.07, 6.45) is 3.88. The largest absolute Gasteiger partial charge is 0.374 e. The molecule has 0 bridgehead atoms. The highest BCUT2D eigenvalue weighted by molar-refractivity contribution is 8.38. The minimum atomic E-state index is 0.203. The van der Waals surface area contributed by atoms with Crippen LogP contribution in [0.3, 0.4) is 0 Å². The Morgan fingerprint density at radius 3 is 2.00 bits per heavy atom. The first-order valence-corrected chi connectivity index (χ1v) is 5.02. The number of thiocarbonyl (C=S) groups is 1. The molecule has 0 saturated heterocycles. The van der Waals surface area contributed by atoms with Crippen molar-refractivity contribution in [3.63, 3.8) is 0 Å². The normalized spacial score (nSPS) is 8.67. The van der Waals surface area contributed by atoms with Crippen molar-refractivity contribution in [1.29, 1.82) is 0 Å². The Kier molecular flexibility index (Phi) is 5.22. The van der Waals surface area contributed by atoms with Crippen LogP contribution in [0.2, 0.25) is 0 Å². The van der Waals surface area contributed by atoms with Crippen molar-refractivity contribution in [2.24, 2.45) is 10.7 Å². The van der Waals surface area contributed by atoms with E-state index in [0.717, 1.165) is 4.38 Å². The van der Waals surface area contributed by atoms with E-state index >= 15 is 0 Å². The van der Waals surface area contributed by atoms with Gasteiger partial charge in [0.25, 0.3) is 0 Å². The fourth-order valence-corrected chi connectivity index (χ4v) is 1.52. The van der Waals surface area contributed by atoms with Crippen molar-refractivity contribution < 1.29 is 0 Å². The summed E-state index contributed by atoms with van der Waals surface area (Å²) in [5.41, 5.74) is 5.16. The molecule has 5 heteroatoms. The number of hydrogen-bond donors (Lipinski definition) is 1. The highest BCUT2D eigenvalue weighted by atomic mass is 32.2. The highest BCUT2D eigenvalue weighted by Gasteiger charge is 1.91. The predicted molar refractivity (Wildman–Crippen MR) is 51.3 cm³/mol. The Bertz CT molecular complexity index is 126. The van der Waals surface area contributed by atoms with Gasteiger partial charge < -0.3 is 5.73 Å². The van der Waals surface area contributed by atoms with Gasteiger partial charge in [-0.05, 0) is 24.7 Å². The number of thioether (sulfide) groups is 2. The molecular formula is C4H8N2S3. The van der Waals surface area contributed by atoms with E-state index in [0.29, 0.717) is 0 Å². The Balaban J connectivity index is 3.91. The zero-order valence-corrected chi connectivity index (χ0v) is 7.70. The lowest BCUT2D eigenvalue weighted by atomic mass is 11.2. The second-order valence-corrected chi connectivity index (χ2v) is 3.39. The van der Waals surface area contributed by atoms with E-state index in [-0.39, 0.29) is 5.11 Å². The molecule has 0 saturated carbocycles. The van der Waals surface area contributed by atoms with Gasteiger partial charge in [-0.25, -0.2) is 4.99 Å². The first-order valence-electron chi connectivity index (χ1n) is 2.16. The van der Waals surface area contributed by atoms with Crippen molar-refractivity contribution in [2.75, 3.05) is 12.5 Å². The van der Waals surface area contributed by atoms with Crippen LogP contribution in [0.4, 0.5) is 0 Å². The van der Waals surface area contributed by atoms with Crippen molar-refractivity contribution in [3.05, 3.63) is 0 Å². The molecule has 0 fully saturated rings. The third-order valence-corrected chi connectivity index (χ3v) is 2.52. The molecule has 52 valence electrons. The summed E-state index contributed by atoms with van der Waals surface area (Å²) in [6.45, 7) is 0. The standard InChI is InChI=1S/C4H8N2S3/c1-8-4(9-2)6-3(5)7/h1-2H3,(H2,5,7). The van der Waals surface area contributed by atoms with Gasteiger partial charge in [0, 0.05) is 0 Å². The van der Waals surface area contributed by atoms with Gasteiger partial charge in [0.2, 0.25) is 0 Å². The number of nitrogens with zero attached hydrogens (tertiary/aromatic N) is 1. The minimum Gasteiger partial charge on any atom is -0.374 e. The molecule has 0 radical (unpaired) electrons. The lowest BCUT2D eigenvalue weighted by Crippen LogP contribution is -2.05. The molecule has 0 unspecified atom stereocenters. The summed E-state index contributed by atoms with van der Waals surface area (Å²) < 4.78 is 0.905. The Labute approximate surface area is 68.7 Å². The second-order valence-electron chi connectivity index (χ2n) is 1.12. The monoisotopic (exact) mass is 180 g/mol. The van der Waals surface area contributed by atoms with Crippen molar-refractivity contribution in [1.82, 2.24) is 0 Å². The van der Waals surface area contributed by atoms with Crippen LogP contribution in [0.15, 0.2) is 4.99 Å². The average molecular weight is 180 g/mol. The summed E-state index contributed by atoms with van der Waals surface area (Å²) >= 11 is 7.66. The maximum absolute atomic E-state index is 5.16. The molecular weight excluding hydrogens is 172 g/mol. The smallest absolute Gasteiger partial charge is 0.191 e. The molecule has 0 aliphatic carbocycles. The van der Waals surface area contributed by atoms with Crippen molar-refractivity contribution in [3.8, 4) is 0 Å². The van der Waals surface area contributed by atoms with E-state index in [2.05, 4.69) is 17.2 Å². The van der Waals surface area contributed by atoms with Crippen molar-refractivity contribution in [2.45, 2.75) is 0 Å². The zero-order chi connectivity index (χ0) is 7.28. The molecule has 0 aromatic carbocycles. The molecule has 2 N–H and O–H groups in total. The highest BCUT2D eigenvalue weighted by Crippen LogP contribution is 2.09. The number of nitrogens with two attached hydrogens (primary N) is 1. The SMILES string of the molecule is CSC(=NC(N)=S)SC. The van der Waals surface area contributed by atoms with Gasteiger partial charge in [0.15, 0.2) is 5.11 Å². The van der Waals surface area contributed by atoms with Gasteiger partial charge in [-0.3, -0.25) is 0 Å². The van der Waals surface area contributed by atoms with Gasteiger partial charge in [-0.1, -0.05) is 0 Å². The zero-order valence-electron chi connectivity index (χ0n) is 5.25. The maximum atomic E-state index is 5.16. The lowest BCUT2D eigenvalue weighted by molar-refractivity contribution is 1.65. The first-order chi connectivity index (χ1) is 4.20. The molecule has 2 nitrogen and oxygen atoms in total. The quantitative estimate of drug-likeness (QED) is 0.346. The van der Waals surface area contributed by atoms with E-state index in [1.54, 1.807) is 23.5 Å².